The largest absolute Gasteiger partial charge is 0.461 e. The highest BCUT2D eigenvalue weighted by molar-refractivity contribution is 5.46. The van der Waals surface area contributed by atoms with E-state index in [0.29, 0.717) is 23.5 Å². The Labute approximate surface area is 128 Å². The Morgan fingerprint density at radius 3 is 2.64 bits per heavy atom. The molecule has 116 valence electrons. The summed E-state index contributed by atoms with van der Waals surface area (Å²) >= 11 is 0. The molecule has 1 N–H and O–H groups in total. The third-order valence-corrected chi connectivity index (χ3v) is 3.74. The molecule has 0 bridgehead atoms. The Morgan fingerprint density at radius 2 is 1.95 bits per heavy atom. The third-order valence-electron chi connectivity index (χ3n) is 3.74. The van der Waals surface area contributed by atoms with Gasteiger partial charge in [0.25, 0.3) is 0 Å². The minimum absolute atomic E-state index is 0.333. The fraction of sp³-hybridized carbons (Fsp3) is 0.353. The van der Waals surface area contributed by atoms with Gasteiger partial charge in [0.2, 0.25) is 5.79 Å². The number of nitrogens with zero attached hydrogens (tertiary/aromatic N) is 1. The third kappa shape index (κ3) is 2.69. The molecule has 22 heavy (non-hydrogen) atoms. The van der Waals surface area contributed by atoms with Crippen molar-refractivity contribution in [1.29, 1.82) is 0 Å². The highest BCUT2D eigenvalue weighted by atomic mass is 19.1. The van der Waals surface area contributed by atoms with E-state index in [-0.39, 0.29) is 5.82 Å². The number of rotatable bonds is 2. The van der Waals surface area contributed by atoms with E-state index in [1.165, 1.54) is 12.1 Å². The van der Waals surface area contributed by atoms with E-state index < -0.39 is 11.9 Å². The lowest BCUT2D eigenvalue weighted by atomic mass is 9.97. The molecular formula is C17H18FNO3. The van der Waals surface area contributed by atoms with Gasteiger partial charge in [-0.2, -0.15) is 0 Å². The summed E-state index contributed by atoms with van der Waals surface area (Å²) in [6.07, 6.45) is 0.712. The van der Waals surface area contributed by atoms with Crippen LogP contribution in [0.1, 0.15) is 42.3 Å². The molecule has 1 aromatic heterocycles. The van der Waals surface area contributed by atoms with Crippen LogP contribution in [0.15, 0.2) is 30.5 Å². The van der Waals surface area contributed by atoms with Gasteiger partial charge in [-0.15, -0.1) is 0 Å². The number of aromatic nitrogens is 1. The number of ether oxygens (including phenoxy) is 2. The van der Waals surface area contributed by atoms with Crippen LogP contribution in [0, 0.1) is 12.7 Å². The minimum Gasteiger partial charge on any atom is -0.461 e. The van der Waals surface area contributed by atoms with Gasteiger partial charge in [0.05, 0.1) is 12.3 Å². The Kier molecular flexibility index (Phi) is 3.62. The molecule has 0 aliphatic carbocycles. The van der Waals surface area contributed by atoms with E-state index in [1.807, 2.05) is 20.8 Å². The van der Waals surface area contributed by atoms with Crippen LogP contribution in [0.4, 0.5) is 4.39 Å². The van der Waals surface area contributed by atoms with Crippen molar-refractivity contribution >= 4 is 0 Å². The van der Waals surface area contributed by atoms with E-state index in [9.17, 15) is 9.50 Å². The van der Waals surface area contributed by atoms with E-state index in [0.717, 1.165) is 11.3 Å². The van der Waals surface area contributed by atoms with Gasteiger partial charge >= 0.3 is 0 Å². The van der Waals surface area contributed by atoms with Crippen LogP contribution in [0.2, 0.25) is 0 Å². The number of pyridine rings is 1. The monoisotopic (exact) mass is 303 g/mol. The fourth-order valence-corrected chi connectivity index (χ4v) is 2.52. The number of benzene rings is 1. The van der Waals surface area contributed by atoms with Gasteiger partial charge < -0.3 is 14.6 Å². The van der Waals surface area contributed by atoms with Gasteiger partial charge in [-0.3, -0.25) is 4.98 Å². The maximum atomic E-state index is 13.0. The van der Waals surface area contributed by atoms with Crippen molar-refractivity contribution < 1.29 is 19.0 Å². The first-order valence-electron chi connectivity index (χ1n) is 7.12. The van der Waals surface area contributed by atoms with Crippen LogP contribution in [0.25, 0.3) is 0 Å². The number of aliphatic hydroxyl groups excluding tert-OH is 1. The predicted molar refractivity (Wildman–Crippen MR) is 78.9 cm³/mol. The van der Waals surface area contributed by atoms with E-state index in [1.54, 1.807) is 18.3 Å². The fourth-order valence-electron chi connectivity index (χ4n) is 2.52. The standard InChI is InChI=1S/C17H18FNO3/c1-10-16-14(9-21-17(2,3)22-16)13(8-19-10)15(20)11-4-6-12(18)7-5-11/h4-8,15,20H,9H2,1-3H3. The van der Waals surface area contributed by atoms with Gasteiger partial charge in [-0.05, 0) is 24.6 Å². The summed E-state index contributed by atoms with van der Waals surface area (Å²) in [6.45, 7) is 5.85. The number of aryl methyl sites for hydroxylation is 1. The van der Waals surface area contributed by atoms with Crippen molar-refractivity contribution in [2.24, 2.45) is 0 Å². The second-order valence-corrected chi connectivity index (χ2v) is 5.85. The molecule has 1 aromatic carbocycles. The number of hydrogen-bond acceptors (Lipinski definition) is 4. The molecule has 5 heteroatoms. The molecular weight excluding hydrogens is 285 g/mol. The van der Waals surface area contributed by atoms with Crippen molar-refractivity contribution in [1.82, 2.24) is 4.98 Å². The summed E-state index contributed by atoms with van der Waals surface area (Å²) in [5.74, 6) is -0.415. The van der Waals surface area contributed by atoms with E-state index in [4.69, 9.17) is 9.47 Å². The quantitative estimate of drug-likeness (QED) is 0.925. The second kappa shape index (κ2) is 5.34. The lowest BCUT2D eigenvalue weighted by Crippen LogP contribution is -2.36. The number of halogens is 1. The Balaban J connectivity index is 2.03. The zero-order valence-electron chi connectivity index (χ0n) is 12.8. The van der Waals surface area contributed by atoms with Crippen LogP contribution in [-0.2, 0) is 11.3 Å². The van der Waals surface area contributed by atoms with E-state index >= 15 is 0 Å². The minimum atomic E-state index is -0.907. The van der Waals surface area contributed by atoms with Crippen molar-refractivity contribution in [3.05, 3.63) is 58.7 Å². The molecule has 0 amide bonds. The van der Waals surface area contributed by atoms with Gasteiger partial charge in [-0.25, -0.2) is 4.39 Å². The molecule has 0 fully saturated rings. The number of hydrogen-bond donors (Lipinski definition) is 1. The molecule has 1 unspecified atom stereocenters. The highest BCUT2D eigenvalue weighted by Gasteiger charge is 2.32. The highest BCUT2D eigenvalue weighted by Crippen LogP contribution is 2.38. The first-order chi connectivity index (χ1) is 10.4. The van der Waals surface area contributed by atoms with Crippen LogP contribution in [-0.4, -0.2) is 15.9 Å². The molecule has 0 saturated heterocycles. The van der Waals surface area contributed by atoms with Gasteiger partial charge in [-0.1, -0.05) is 12.1 Å². The van der Waals surface area contributed by atoms with Crippen LogP contribution in [0.5, 0.6) is 5.75 Å². The van der Waals surface area contributed by atoms with Crippen LogP contribution >= 0.6 is 0 Å². The smallest absolute Gasteiger partial charge is 0.205 e. The summed E-state index contributed by atoms with van der Waals surface area (Å²) < 4.78 is 24.5. The van der Waals surface area contributed by atoms with Crippen LogP contribution in [0.3, 0.4) is 0 Å². The average molecular weight is 303 g/mol. The van der Waals surface area contributed by atoms with E-state index in [2.05, 4.69) is 4.98 Å². The Bertz CT molecular complexity index is 698. The molecule has 3 rings (SSSR count). The zero-order valence-corrected chi connectivity index (χ0v) is 12.8. The first-order valence-corrected chi connectivity index (χ1v) is 7.12. The average Bonchev–Trinajstić information content (AvgIpc) is 2.48. The molecule has 1 aliphatic heterocycles. The molecule has 1 atom stereocenters. The summed E-state index contributed by atoms with van der Waals surface area (Å²) in [5.41, 5.74) is 2.74. The lowest BCUT2D eigenvalue weighted by Gasteiger charge is -2.34. The molecule has 0 radical (unpaired) electrons. The zero-order chi connectivity index (χ0) is 15.9. The van der Waals surface area contributed by atoms with Gasteiger partial charge in [0, 0.05) is 31.2 Å². The number of aliphatic hydroxyl groups is 1. The topological polar surface area (TPSA) is 51.6 Å². The Morgan fingerprint density at radius 1 is 1.27 bits per heavy atom. The van der Waals surface area contributed by atoms with Crippen LogP contribution < -0.4 is 4.74 Å². The SMILES string of the molecule is Cc1ncc(C(O)c2ccc(F)cc2)c2c1OC(C)(C)OC2. The maximum absolute atomic E-state index is 13.0. The molecule has 2 aromatic rings. The van der Waals surface area contributed by atoms with Crippen molar-refractivity contribution in [3.8, 4) is 5.75 Å². The maximum Gasteiger partial charge on any atom is 0.205 e. The summed E-state index contributed by atoms with van der Waals surface area (Å²) in [7, 11) is 0. The van der Waals surface area contributed by atoms with Crippen molar-refractivity contribution in [3.63, 3.8) is 0 Å². The summed E-state index contributed by atoms with van der Waals surface area (Å²) in [4.78, 5) is 4.31. The molecule has 0 spiro atoms. The molecule has 0 saturated carbocycles. The van der Waals surface area contributed by atoms with Gasteiger partial charge in [0.15, 0.2) is 0 Å². The molecule has 1 aliphatic rings. The summed E-state index contributed by atoms with van der Waals surface area (Å²) in [6, 6.07) is 5.76. The lowest BCUT2D eigenvalue weighted by molar-refractivity contribution is -0.181. The number of fused-ring (bicyclic) bond motifs is 1. The van der Waals surface area contributed by atoms with Crippen molar-refractivity contribution in [2.45, 2.75) is 39.3 Å². The van der Waals surface area contributed by atoms with Gasteiger partial charge in [0.1, 0.15) is 17.7 Å². The predicted octanol–water partition coefficient (Wildman–Crippen LogP) is 3.26. The normalized spacial score (nSPS) is 17.5. The molecule has 4 nitrogen and oxygen atoms in total. The molecule has 2 heterocycles. The summed E-state index contributed by atoms with van der Waals surface area (Å²) in [5, 5.41) is 10.6. The second-order valence-electron chi connectivity index (χ2n) is 5.85. The Hall–Kier alpha value is -1.98. The first kappa shape index (κ1) is 14.9. The van der Waals surface area contributed by atoms with Crippen molar-refractivity contribution in [2.75, 3.05) is 0 Å².